The number of aliphatic hydroxyl groups excluding tert-OH is 1. The summed E-state index contributed by atoms with van der Waals surface area (Å²) >= 11 is 0. The van der Waals surface area contributed by atoms with Gasteiger partial charge in [0.1, 0.15) is 23.1 Å². The van der Waals surface area contributed by atoms with E-state index >= 15 is 0 Å². The van der Waals surface area contributed by atoms with Crippen LogP contribution in [0.1, 0.15) is 69.1 Å². The maximum Gasteiger partial charge on any atom is 0.343 e. The third-order valence-corrected chi connectivity index (χ3v) is 4.01. The number of aliphatic hydroxyl groups is 1. The largest absolute Gasteiger partial charge is 0.490 e. The van der Waals surface area contributed by atoms with Crippen LogP contribution in [0.25, 0.3) is 5.65 Å². The van der Waals surface area contributed by atoms with E-state index in [-0.39, 0.29) is 18.3 Å². The Kier molecular flexibility index (Phi) is 7.62. The summed E-state index contributed by atoms with van der Waals surface area (Å²) in [6.07, 6.45) is 6.66. The summed E-state index contributed by atoms with van der Waals surface area (Å²) in [7, 11) is 1.00. The predicted octanol–water partition coefficient (Wildman–Crippen LogP) is 3.54. The molecule has 0 bridgehead atoms. The van der Waals surface area contributed by atoms with E-state index in [0.717, 1.165) is 44.3 Å². The second kappa shape index (κ2) is 9.71. The third-order valence-electron chi connectivity index (χ3n) is 4.01. The van der Waals surface area contributed by atoms with Crippen molar-refractivity contribution in [3.63, 3.8) is 0 Å². The number of aromatic nitrogens is 2. The first-order valence-corrected chi connectivity index (χ1v) is 9.40. The van der Waals surface area contributed by atoms with Gasteiger partial charge in [0.05, 0.1) is 17.9 Å². The lowest BCUT2D eigenvalue weighted by Gasteiger charge is -2.20. The summed E-state index contributed by atoms with van der Waals surface area (Å²) < 4.78 is 18.8. The molecule has 0 spiro atoms. The number of carbonyl (C=O) groups is 1. The van der Waals surface area contributed by atoms with Gasteiger partial charge in [0.2, 0.25) is 0 Å². The van der Waals surface area contributed by atoms with Crippen LogP contribution in [0, 0.1) is 0 Å². The minimum Gasteiger partial charge on any atom is -0.490 e. The van der Waals surface area contributed by atoms with Gasteiger partial charge in [-0.25, -0.2) is 9.78 Å². The van der Waals surface area contributed by atoms with Gasteiger partial charge in [-0.05, 0) is 47.0 Å². The van der Waals surface area contributed by atoms with Crippen LogP contribution in [0.3, 0.4) is 0 Å². The Hall–Kier alpha value is -2.12. The number of fused-ring (bicyclic) bond motifs is 1. The van der Waals surface area contributed by atoms with Crippen molar-refractivity contribution in [3.05, 3.63) is 29.7 Å². The number of nitrogens with zero attached hydrogens (tertiary/aromatic N) is 2. The summed E-state index contributed by atoms with van der Waals surface area (Å²) in [5.41, 5.74) is 2.04. The molecule has 1 aliphatic heterocycles. The SMILES string of the molecule is CC(C)OC(=O)c1cn2cc(C3CCCCO3)nc2cc1OC(C)C.CO. The smallest absolute Gasteiger partial charge is 0.343 e. The van der Waals surface area contributed by atoms with E-state index in [0.29, 0.717) is 11.3 Å². The Morgan fingerprint density at radius 1 is 1.22 bits per heavy atom. The minimum absolute atomic E-state index is 0.0224. The molecular weight excluding hydrogens is 348 g/mol. The molecule has 150 valence electrons. The van der Waals surface area contributed by atoms with Crippen molar-refractivity contribution in [2.24, 2.45) is 0 Å². The van der Waals surface area contributed by atoms with E-state index in [2.05, 4.69) is 4.98 Å². The molecule has 1 fully saturated rings. The zero-order chi connectivity index (χ0) is 20.0. The molecule has 0 radical (unpaired) electrons. The number of ether oxygens (including phenoxy) is 3. The molecule has 1 unspecified atom stereocenters. The van der Waals surface area contributed by atoms with E-state index in [9.17, 15) is 4.79 Å². The molecule has 2 aromatic heterocycles. The van der Waals surface area contributed by atoms with E-state index in [4.69, 9.17) is 19.3 Å². The van der Waals surface area contributed by atoms with Crippen LogP contribution in [-0.2, 0) is 9.47 Å². The second-order valence-corrected chi connectivity index (χ2v) is 6.96. The van der Waals surface area contributed by atoms with Crippen molar-refractivity contribution < 1.29 is 24.1 Å². The summed E-state index contributed by atoms with van der Waals surface area (Å²) in [5.74, 6) is 0.103. The zero-order valence-corrected chi connectivity index (χ0v) is 16.8. The lowest BCUT2D eigenvalue weighted by Crippen LogP contribution is -2.16. The van der Waals surface area contributed by atoms with Crippen molar-refractivity contribution in [2.75, 3.05) is 13.7 Å². The first-order valence-electron chi connectivity index (χ1n) is 9.40. The monoisotopic (exact) mass is 378 g/mol. The molecule has 0 aromatic carbocycles. The Labute approximate surface area is 160 Å². The fourth-order valence-corrected chi connectivity index (χ4v) is 2.95. The number of imidazole rings is 1. The van der Waals surface area contributed by atoms with Gasteiger partial charge < -0.3 is 23.7 Å². The summed E-state index contributed by atoms with van der Waals surface area (Å²) in [6.45, 7) is 8.28. The molecule has 1 aliphatic rings. The zero-order valence-electron chi connectivity index (χ0n) is 16.8. The molecule has 2 aromatic rings. The van der Waals surface area contributed by atoms with Crippen LogP contribution >= 0.6 is 0 Å². The quantitative estimate of drug-likeness (QED) is 0.802. The van der Waals surface area contributed by atoms with Crippen molar-refractivity contribution in [1.82, 2.24) is 9.38 Å². The maximum atomic E-state index is 12.4. The highest BCUT2D eigenvalue weighted by molar-refractivity contribution is 5.93. The van der Waals surface area contributed by atoms with Gasteiger partial charge in [0.15, 0.2) is 0 Å². The molecule has 1 atom stereocenters. The fourth-order valence-electron chi connectivity index (χ4n) is 2.95. The predicted molar refractivity (Wildman–Crippen MR) is 102 cm³/mol. The van der Waals surface area contributed by atoms with Crippen LogP contribution < -0.4 is 4.74 Å². The van der Waals surface area contributed by atoms with E-state index < -0.39 is 5.97 Å². The van der Waals surface area contributed by atoms with Crippen LogP contribution in [-0.4, -0.2) is 46.4 Å². The lowest BCUT2D eigenvalue weighted by molar-refractivity contribution is 0.0126. The summed E-state index contributed by atoms with van der Waals surface area (Å²) in [6, 6.07) is 1.79. The van der Waals surface area contributed by atoms with Gasteiger partial charge in [0.25, 0.3) is 0 Å². The average molecular weight is 378 g/mol. The second-order valence-electron chi connectivity index (χ2n) is 6.96. The Morgan fingerprint density at radius 3 is 2.56 bits per heavy atom. The molecule has 0 amide bonds. The van der Waals surface area contributed by atoms with Gasteiger partial charge in [0, 0.05) is 32.2 Å². The molecule has 0 aliphatic carbocycles. The first-order chi connectivity index (χ1) is 12.9. The Bertz CT molecular complexity index is 748. The van der Waals surface area contributed by atoms with E-state index in [1.165, 1.54) is 0 Å². The van der Waals surface area contributed by atoms with E-state index in [1.807, 2.05) is 38.3 Å². The highest BCUT2D eigenvalue weighted by atomic mass is 16.5. The van der Waals surface area contributed by atoms with E-state index in [1.54, 1.807) is 12.3 Å². The Balaban J connectivity index is 0.00000126. The third kappa shape index (κ3) is 5.43. The van der Waals surface area contributed by atoms with Gasteiger partial charge in [-0.2, -0.15) is 0 Å². The minimum atomic E-state index is -0.392. The molecule has 1 N–H and O–H groups in total. The number of pyridine rings is 1. The molecule has 27 heavy (non-hydrogen) atoms. The van der Waals surface area contributed by atoms with Crippen molar-refractivity contribution in [1.29, 1.82) is 0 Å². The summed E-state index contributed by atoms with van der Waals surface area (Å²) in [4.78, 5) is 17.1. The number of hydrogen-bond acceptors (Lipinski definition) is 6. The lowest BCUT2D eigenvalue weighted by atomic mass is 10.1. The summed E-state index contributed by atoms with van der Waals surface area (Å²) in [5, 5.41) is 7.00. The fraction of sp³-hybridized carbons (Fsp3) is 0.600. The molecule has 1 saturated heterocycles. The number of hydrogen-bond donors (Lipinski definition) is 1. The number of carbonyl (C=O) groups excluding carboxylic acids is 1. The van der Waals surface area contributed by atoms with Crippen LogP contribution in [0.2, 0.25) is 0 Å². The van der Waals surface area contributed by atoms with Crippen LogP contribution in [0.5, 0.6) is 5.75 Å². The highest BCUT2D eigenvalue weighted by Crippen LogP contribution is 2.29. The molecule has 3 rings (SSSR count). The van der Waals surface area contributed by atoms with Gasteiger partial charge >= 0.3 is 5.97 Å². The van der Waals surface area contributed by atoms with Crippen molar-refractivity contribution in [3.8, 4) is 5.75 Å². The molecule has 7 nitrogen and oxygen atoms in total. The molecule has 3 heterocycles. The van der Waals surface area contributed by atoms with Crippen LogP contribution in [0.15, 0.2) is 18.5 Å². The van der Waals surface area contributed by atoms with Gasteiger partial charge in [-0.3, -0.25) is 0 Å². The maximum absolute atomic E-state index is 12.4. The van der Waals surface area contributed by atoms with Gasteiger partial charge in [-0.1, -0.05) is 0 Å². The molecular formula is C20H30N2O5. The van der Waals surface area contributed by atoms with Crippen molar-refractivity contribution >= 4 is 11.6 Å². The molecule has 7 heteroatoms. The van der Waals surface area contributed by atoms with Crippen LogP contribution in [0.4, 0.5) is 0 Å². The number of rotatable bonds is 5. The average Bonchev–Trinajstić information content (AvgIpc) is 3.05. The standard InChI is InChI=1S/C19H26N2O4.CH4O/c1-12(2)24-17-9-18-20-15(16-7-5-6-8-23-16)11-21(18)10-14(17)19(22)25-13(3)4;1-2/h9-13,16H,5-8H2,1-4H3;2H,1H3. The molecule has 0 saturated carbocycles. The highest BCUT2D eigenvalue weighted by Gasteiger charge is 2.22. The Morgan fingerprint density at radius 2 is 1.96 bits per heavy atom. The van der Waals surface area contributed by atoms with Gasteiger partial charge in [-0.15, -0.1) is 0 Å². The number of esters is 1. The topological polar surface area (TPSA) is 82.3 Å². The first kappa shape index (κ1) is 21.2. The van der Waals surface area contributed by atoms with Crippen molar-refractivity contribution in [2.45, 2.75) is 65.3 Å². The normalized spacial score (nSPS) is 17.0.